The first-order valence-corrected chi connectivity index (χ1v) is 8.40. The number of carbonyl (C=O) groups is 1. The Morgan fingerprint density at radius 2 is 2.08 bits per heavy atom. The molecule has 1 aliphatic carbocycles. The number of nitrogens with one attached hydrogen (secondary N) is 2. The molecule has 24 heavy (non-hydrogen) atoms. The van der Waals surface area contributed by atoms with E-state index < -0.39 is 0 Å². The van der Waals surface area contributed by atoms with Gasteiger partial charge in [-0.1, -0.05) is 18.2 Å². The first-order chi connectivity index (χ1) is 11.6. The summed E-state index contributed by atoms with van der Waals surface area (Å²) in [5, 5.41) is 6.47. The van der Waals surface area contributed by atoms with E-state index in [9.17, 15) is 4.79 Å². The maximum absolute atomic E-state index is 11.2. The molecule has 2 N–H and O–H groups in total. The molecule has 1 atom stereocenters. The molecule has 4 nitrogen and oxygen atoms in total. The second-order valence-electron chi connectivity index (χ2n) is 6.34. The molecule has 126 valence electrons. The first kappa shape index (κ1) is 16.5. The van der Waals surface area contributed by atoms with Gasteiger partial charge < -0.3 is 15.4 Å². The number of ether oxygens (including phenoxy) is 1. The van der Waals surface area contributed by atoms with Crippen LogP contribution in [0.5, 0.6) is 5.75 Å². The Morgan fingerprint density at radius 3 is 2.88 bits per heavy atom. The zero-order valence-corrected chi connectivity index (χ0v) is 14.3. The predicted octanol–water partition coefficient (Wildman–Crippen LogP) is 3.30. The summed E-state index contributed by atoms with van der Waals surface area (Å²) in [4.78, 5) is 11.2. The van der Waals surface area contributed by atoms with Gasteiger partial charge in [-0.3, -0.25) is 4.79 Å². The minimum Gasteiger partial charge on any atom is -0.497 e. The lowest BCUT2D eigenvalue weighted by molar-refractivity contribution is -0.114. The van der Waals surface area contributed by atoms with Crippen molar-refractivity contribution in [3.63, 3.8) is 0 Å². The molecule has 0 radical (unpaired) electrons. The van der Waals surface area contributed by atoms with E-state index in [1.54, 1.807) is 7.11 Å². The number of methoxy groups -OCH3 is 1. The molecule has 0 unspecified atom stereocenters. The van der Waals surface area contributed by atoms with Crippen molar-refractivity contribution in [3.05, 3.63) is 59.2 Å². The van der Waals surface area contributed by atoms with Crippen LogP contribution in [0.1, 0.15) is 30.0 Å². The summed E-state index contributed by atoms with van der Waals surface area (Å²) in [6, 6.07) is 14.8. The summed E-state index contributed by atoms with van der Waals surface area (Å²) in [6.07, 6.45) is 3.27. The number of benzene rings is 2. The van der Waals surface area contributed by atoms with Crippen LogP contribution < -0.4 is 15.4 Å². The van der Waals surface area contributed by atoms with Crippen LogP contribution in [0.4, 0.5) is 5.69 Å². The highest BCUT2D eigenvalue weighted by atomic mass is 16.5. The molecule has 0 aromatic heterocycles. The SMILES string of the molecule is COc1ccc2c(c1)C[C@H](NCc1cccc(NC(C)=O)c1)CC2. The van der Waals surface area contributed by atoms with E-state index in [0.717, 1.165) is 37.2 Å². The van der Waals surface area contributed by atoms with Gasteiger partial charge in [-0.15, -0.1) is 0 Å². The second kappa shape index (κ2) is 7.49. The summed E-state index contributed by atoms with van der Waals surface area (Å²) >= 11 is 0. The maximum Gasteiger partial charge on any atom is 0.221 e. The standard InChI is InChI=1S/C20H24N2O2/c1-14(23)22-19-5-3-4-15(10-19)13-21-18-8-6-16-7-9-20(24-2)12-17(16)11-18/h3-5,7,9-10,12,18,21H,6,8,11,13H2,1-2H3,(H,22,23)/t18-/m1/s1. The number of hydrogen-bond acceptors (Lipinski definition) is 3. The van der Waals surface area contributed by atoms with Gasteiger partial charge in [0.2, 0.25) is 5.91 Å². The maximum atomic E-state index is 11.2. The monoisotopic (exact) mass is 324 g/mol. The van der Waals surface area contributed by atoms with Crippen LogP contribution in [0, 0.1) is 0 Å². The summed E-state index contributed by atoms with van der Waals surface area (Å²) in [7, 11) is 1.71. The molecule has 0 spiro atoms. The van der Waals surface area contributed by atoms with Gasteiger partial charge in [-0.05, 0) is 60.2 Å². The molecule has 2 aromatic carbocycles. The van der Waals surface area contributed by atoms with Gasteiger partial charge in [-0.25, -0.2) is 0 Å². The average Bonchev–Trinajstić information content (AvgIpc) is 2.59. The smallest absolute Gasteiger partial charge is 0.221 e. The Hall–Kier alpha value is -2.33. The third kappa shape index (κ3) is 4.15. The van der Waals surface area contributed by atoms with E-state index >= 15 is 0 Å². The fraction of sp³-hybridized carbons (Fsp3) is 0.350. The predicted molar refractivity (Wildman–Crippen MR) is 96.4 cm³/mol. The lowest BCUT2D eigenvalue weighted by Gasteiger charge is -2.26. The molecule has 2 aromatic rings. The third-order valence-electron chi connectivity index (χ3n) is 4.48. The topological polar surface area (TPSA) is 50.4 Å². The van der Waals surface area contributed by atoms with Crippen LogP contribution in [-0.4, -0.2) is 19.1 Å². The fourth-order valence-corrected chi connectivity index (χ4v) is 3.26. The van der Waals surface area contributed by atoms with Gasteiger partial charge in [0, 0.05) is 25.2 Å². The lowest BCUT2D eigenvalue weighted by atomic mass is 9.88. The summed E-state index contributed by atoms with van der Waals surface area (Å²) < 4.78 is 5.33. The molecule has 0 saturated carbocycles. The molecule has 0 fully saturated rings. The van der Waals surface area contributed by atoms with Crippen molar-refractivity contribution in [1.29, 1.82) is 0 Å². The normalized spacial score (nSPS) is 16.3. The molecule has 0 saturated heterocycles. The van der Waals surface area contributed by atoms with Gasteiger partial charge >= 0.3 is 0 Å². The Morgan fingerprint density at radius 1 is 1.21 bits per heavy atom. The quantitative estimate of drug-likeness (QED) is 0.887. The van der Waals surface area contributed by atoms with Gasteiger partial charge in [0.1, 0.15) is 5.75 Å². The van der Waals surface area contributed by atoms with E-state index in [4.69, 9.17) is 4.74 Å². The summed E-state index contributed by atoms with van der Waals surface area (Å²) in [5.74, 6) is 0.885. The van der Waals surface area contributed by atoms with Crippen LogP contribution >= 0.6 is 0 Å². The van der Waals surface area contributed by atoms with E-state index in [2.05, 4.69) is 28.8 Å². The van der Waals surface area contributed by atoms with Crippen LogP contribution in [0.25, 0.3) is 0 Å². The van der Waals surface area contributed by atoms with Crippen molar-refractivity contribution in [2.45, 2.75) is 38.8 Å². The van der Waals surface area contributed by atoms with Crippen LogP contribution in [0.3, 0.4) is 0 Å². The summed E-state index contributed by atoms with van der Waals surface area (Å²) in [6.45, 7) is 2.33. The van der Waals surface area contributed by atoms with Crippen molar-refractivity contribution < 1.29 is 9.53 Å². The molecular formula is C20H24N2O2. The second-order valence-corrected chi connectivity index (χ2v) is 6.34. The highest BCUT2D eigenvalue weighted by molar-refractivity contribution is 5.88. The number of hydrogen-bond donors (Lipinski definition) is 2. The number of carbonyl (C=O) groups excluding carboxylic acids is 1. The number of anilines is 1. The zero-order chi connectivity index (χ0) is 16.9. The van der Waals surface area contributed by atoms with E-state index in [0.29, 0.717) is 6.04 Å². The molecule has 3 rings (SSSR count). The minimum atomic E-state index is -0.0436. The molecule has 4 heteroatoms. The minimum absolute atomic E-state index is 0.0436. The van der Waals surface area contributed by atoms with Crippen LogP contribution in [-0.2, 0) is 24.2 Å². The van der Waals surface area contributed by atoms with Crippen molar-refractivity contribution in [1.82, 2.24) is 5.32 Å². The lowest BCUT2D eigenvalue weighted by Crippen LogP contribution is -2.34. The van der Waals surface area contributed by atoms with E-state index in [-0.39, 0.29) is 5.91 Å². The number of fused-ring (bicyclic) bond motifs is 1. The van der Waals surface area contributed by atoms with Crippen LogP contribution in [0.15, 0.2) is 42.5 Å². The van der Waals surface area contributed by atoms with Crippen molar-refractivity contribution in [2.24, 2.45) is 0 Å². The number of rotatable bonds is 5. The Kier molecular flexibility index (Phi) is 5.16. The Balaban J connectivity index is 1.60. The molecule has 1 amide bonds. The largest absolute Gasteiger partial charge is 0.497 e. The Bertz CT molecular complexity index is 727. The fourth-order valence-electron chi connectivity index (χ4n) is 3.26. The van der Waals surface area contributed by atoms with Gasteiger partial charge in [0.15, 0.2) is 0 Å². The Labute approximate surface area is 143 Å². The molecule has 0 aliphatic heterocycles. The zero-order valence-electron chi connectivity index (χ0n) is 14.3. The highest BCUT2D eigenvalue weighted by Gasteiger charge is 2.18. The third-order valence-corrected chi connectivity index (χ3v) is 4.48. The highest BCUT2D eigenvalue weighted by Crippen LogP contribution is 2.25. The number of amides is 1. The van der Waals surface area contributed by atoms with Gasteiger partial charge in [-0.2, -0.15) is 0 Å². The van der Waals surface area contributed by atoms with E-state index in [1.807, 2.05) is 24.3 Å². The van der Waals surface area contributed by atoms with Crippen molar-refractivity contribution in [2.75, 3.05) is 12.4 Å². The average molecular weight is 324 g/mol. The van der Waals surface area contributed by atoms with Crippen molar-refractivity contribution >= 4 is 11.6 Å². The molecular weight excluding hydrogens is 300 g/mol. The van der Waals surface area contributed by atoms with Crippen molar-refractivity contribution in [3.8, 4) is 5.75 Å². The first-order valence-electron chi connectivity index (χ1n) is 8.40. The number of aryl methyl sites for hydroxylation is 1. The van der Waals surface area contributed by atoms with E-state index in [1.165, 1.54) is 23.6 Å². The molecule has 1 aliphatic rings. The summed E-state index contributed by atoms with van der Waals surface area (Å²) in [5.41, 5.74) is 4.84. The molecule has 0 bridgehead atoms. The van der Waals surface area contributed by atoms with Crippen LogP contribution in [0.2, 0.25) is 0 Å². The molecule has 0 heterocycles. The van der Waals surface area contributed by atoms with Gasteiger partial charge in [0.25, 0.3) is 0 Å². The van der Waals surface area contributed by atoms with Gasteiger partial charge in [0.05, 0.1) is 7.11 Å².